The van der Waals surface area contributed by atoms with Gasteiger partial charge in [-0.2, -0.15) is 0 Å². The van der Waals surface area contributed by atoms with Crippen LogP contribution >= 0.6 is 11.5 Å². The largest absolute Gasteiger partial charge is 0.371 e. The minimum absolute atomic E-state index is 0.115. The van der Waals surface area contributed by atoms with Gasteiger partial charge in [-0.05, 0) is 83.9 Å². The summed E-state index contributed by atoms with van der Waals surface area (Å²) in [6.07, 6.45) is 6.01. The zero-order valence-electron chi connectivity index (χ0n) is 18.9. The van der Waals surface area contributed by atoms with Gasteiger partial charge in [-0.25, -0.2) is 17.2 Å². The van der Waals surface area contributed by atoms with E-state index in [2.05, 4.69) is 26.6 Å². The third kappa shape index (κ3) is 4.40. The number of hydrogen-bond acceptors (Lipinski definition) is 5. The van der Waals surface area contributed by atoms with Crippen LogP contribution in [0.3, 0.4) is 0 Å². The standard InChI is InChI=1S/C26H26FN3O2S2/c1-18(26-9-12-28-33-26)30-13-10-20(11-14-30)24-16-29(2)25-8-3-19(15-23(24)25)17-34(31,32)22-6-4-21(27)5-7-22/h3-9,12,15-16,20H,1,10-11,13-14,17H2,2H3. The summed E-state index contributed by atoms with van der Waals surface area (Å²) in [6.45, 7) is 6.12. The molecule has 0 spiro atoms. The van der Waals surface area contributed by atoms with Crippen LogP contribution in [-0.2, 0) is 22.6 Å². The third-order valence-electron chi connectivity index (χ3n) is 6.65. The molecule has 2 aromatic carbocycles. The first-order chi connectivity index (χ1) is 16.3. The lowest BCUT2D eigenvalue weighted by molar-refractivity contribution is 0.300. The first-order valence-electron chi connectivity index (χ1n) is 11.2. The Labute approximate surface area is 203 Å². The predicted octanol–water partition coefficient (Wildman–Crippen LogP) is 5.60. The van der Waals surface area contributed by atoms with Crippen molar-refractivity contribution >= 4 is 38.0 Å². The molecule has 3 heterocycles. The van der Waals surface area contributed by atoms with Crippen molar-refractivity contribution in [2.45, 2.75) is 29.4 Å². The van der Waals surface area contributed by atoms with Gasteiger partial charge in [0.1, 0.15) is 5.82 Å². The minimum Gasteiger partial charge on any atom is -0.371 e. The normalized spacial score (nSPS) is 15.2. The molecule has 0 bridgehead atoms. The van der Waals surface area contributed by atoms with Crippen molar-refractivity contribution in [1.82, 2.24) is 13.8 Å². The van der Waals surface area contributed by atoms with Gasteiger partial charge in [0, 0.05) is 49.1 Å². The molecule has 176 valence electrons. The molecule has 1 aliphatic heterocycles. The second-order valence-electron chi connectivity index (χ2n) is 8.84. The molecule has 1 aliphatic rings. The molecule has 0 amide bonds. The van der Waals surface area contributed by atoms with Gasteiger partial charge in [-0.3, -0.25) is 0 Å². The summed E-state index contributed by atoms with van der Waals surface area (Å²) in [7, 11) is -1.53. The summed E-state index contributed by atoms with van der Waals surface area (Å²) in [5.74, 6) is -0.162. The number of hydrogen-bond donors (Lipinski definition) is 0. The molecule has 1 saturated heterocycles. The van der Waals surface area contributed by atoms with Gasteiger partial charge in [-0.15, -0.1) is 0 Å². The van der Waals surface area contributed by atoms with Crippen molar-refractivity contribution in [2.75, 3.05) is 13.1 Å². The van der Waals surface area contributed by atoms with Gasteiger partial charge in [0.15, 0.2) is 9.84 Å². The zero-order valence-corrected chi connectivity index (χ0v) is 20.6. The van der Waals surface area contributed by atoms with Crippen LogP contribution in [0.15, 0.2) is 72.4 Å². The summed E-state index contributed by atoms with van der Waals surface area (Å²) in [6, 6.07) is 12.9. The molecule has 0 saturated carbocycles. The third-order valence-corrected chi connectivity index (χ3v) is 9.15. The Morgan fingerprint density at radius 1 is 1.15 bits per heavy atom. The second-order valence-corrected chi connectivity index (χ2v) is 11.7. The number of halogens is 1. The molecule has 5 rings (SSSR count). The Kier molecular flexibility index (Phi) is 6.04. The van der Waals surface area contributed by atoms with E-state index in [-0.39, 0.29) is 10.6 Å². The molecule has 2 aromatic heterocycles. The van der Waals surface area contributed by atoms with Crippen molar-refractivity contribution in [3.63, 3.8) is 0 Å². The van der Waals surface area contributed by atoms with Crippen molar-refractivity contribution in [2.24, 2.45) is 7.05 Å². The van der Waals surface area contributed by atoms with Crippen molar-refractivity contribution < 1.29 is 12.8 Å². The molecule has 0 aliphatic carbocycles. The molecular weight excluding hydrogens is 469 g/mol. The van der Waals surface area contributed by atoms with E-state index in [9.17, 15) is 12.8 Å². The molecule has 0 N–H and O–H groups in total. The van der Waals surface area contributed by atoms with E-state index < -0.39 is 15.7 Å². The molecule has 1 fully saturated rings. The minimum atomic E-state index is -3.56. The van der Waals surface area contributed by atoms with Crippen LogP contribution in [0, 0.1) is 5.82 Å². The number of rotatable bonds is 6. The van der Waals surface area contributed by atoms with Crippen LogP contribution < -0.4 is 0 Å². The first-order valence-corrected chi connectivity index (χ1v) is 13.7. The molecule has 0 radical (unpaired) electrons. The van der Waals surface area contributed by atoms with Crippen molar-refractivity contribution in [3.8, 4) is 0 Å². The quantitative estimate of drug-likeness (QED) is 0.327. The first kappa shape index (κ1) is 22.8. The molecule has 0 atom stereocenters. The number of fused-ring (bicyclic) bond motifs is 1. The fourth-order valence-corrected chi connectivity index (χ4v) is 6.74. The maximum absolute atomic E-state index is 13.2. The summed E-state index contributed by atoms with van der Waals surface area (Å²) < 4.78 is 45.3. The van der Waals surface area contributed by atoms with E-state index >= 15 is 0 Å². The number of aromatic nitrogens is 2. The Morgan fingerprint density at radius 3 is 2.56 bits per heavy atom. The molecule has 5 nitrogen and oxygen atoms in total. The monoisotopic (exact) mass is 495 g/mol. The van der Waals surface area contributed by atoms with E-state index in [0.29, 0.717) is 5.92 Å². The number of benzene rings is 2. The lowest BCUT2D eigenvalue weighted by atomic mass is 9.88. The fourth-order valence-electron chi connectivity index (χ4n) is 4.81. The topological polar surface area (TPSA) is 55.2 Å². The number of aryl methyl sites for hydroxylation is 1. The van der Waals surface area contributed by atoms with Gasteiger partial charge in [-0.1, -0.05) is 12.6 Å². The van der Waals surface area contributed by atoms with E-state index in [0.717, 1.165) is 53.0 Å². The fraction of sp³-hybridized carbons (Fsp3) is 0.269. The van der Waals surface area contributed by atoms with Crippen LogP contribution in [0.4, 0.5) is 4.39 Å². The lowest BCUT2D eigenvalue weighted by Gasteiger charge is -2.34. The number of sulfone groups is 1. The van der Waals surface area contributed by atoms with E-state index in [4.69, 9.17) is 0 Å². The lowest BCUT2D eigenvalue weighted by Crippen LogP contribution is -2.31. The van der Waals surface area contributed by atoms with Crippen LogP contribution in [0.25, 0.3) is 16.6 Å². The van der Waals surface area contributed by atoms with Crippen molar-refractivity contribution in [3.05, 3.63) is 89.3 Å². The summed E-state index contributed by atoms with van der Waals surface area (Å²) >= 11 is 1.47. The van der Waals surface area contributed by atoms with Gasteiger partial charge in [0.25, 0.3) is 0 Å². The Hall–Kier alpha value is -2.97. The number of piperidine rings is 1. The molecule has 4 aromatic rings. The van der Waals surface area contributed by atoms with E-state index in [1.165, 1.54) is 41.4 Å². The Morgan fingerprint density at radius 2 is 1.88 bits per heavy atom. The Balaban J connectivity index is 1.37. The van der Waals surface area contributed by atoms with Crippen LogP contribution in [0.5, 0.6) is 0 Å². The summed E-state index contributed by atoms with van der Waals surface area (Å²) in [4.78, 5) is 3.57. The molecular formula is C26H26FN3O2S2. The van der Waals surface area contributed by atoms with Gasteiger partial charge < -0.3 is 9.47 Å². The smallest absolute Gasteiger partial charge is 0.182 e. The second kappa shape index (κ2) is 9.00. The predicted molar refractivity (Wildman–Crippen MR) is 135 cm³/mol. The van der Waals surface area contributed by atoms with Gasteiger partial charge in [0.2, 0.25) is 0 Å². The molecule has 34 heavy (non-hydrogen) atoms. The highest BCUT2D eigenvalue weighted by Crippen LogP contribution is 2.37. The van der Waals surface area contributed by atoms with Crippen molar-refractivity contribution in [1.29, 1.82) is 0 Å². The van der Waals surface area contributed by atoms with E-state index in [1.54, 1.807) is 0 Å². The maximum atomic E-state index is 13.2. The SMILES string of the molecule is C=C(c1ccns1)N1CCC(c2cn(C)c3ccc(CS(=O)(=O)c4ccc(F)cc4)cc23)CC1. The zero-order chi connectivity index (χ0) is 23.9. The molecule has 0 unspecified atom stereocenters. The molecule has 8 heteroatoms. The highest BCUT2D eigenvalue weighted by molar-refractivity contribution is 7.90. The van der Waals surface area contributed by atoms with Crippen LogP contribution in [0.1, 0.15) is 34.8 Å². The average Bonchev–Trinajstić information content (AvgIpc) is 3.47. The summed E-state index contributed by atoms with van der Waals surface area (Å²) in [5, 5.41) is 1.11. The van der Waals surface area contributed by atoms with Gasteiger partial charge >= 0.3 is 0 Å². The van der Waals surface area contributed by atoms with Gasteiger partial charge in [0.05, 0.1) is 15.5 Å². The summed E-state index contributed by atoms with van der Waals surface area (Å²) in [5.41, 5.74) is 4.13. The number of likely N-dealkylation sites (tertiary alicyclic amines) is 1. The van der Waals surface area contributed by atoms with E-state index in [1.807, 2.05) is 37.5 Å². The average molecular weight is 496 g/mol. The highest BCUT2D eigenvalue weighted by Gasteiger charge is 2.25. The highest BCUT2D eigenvalue weighted by atomic mass is 32.2. The maximum Gasteiger partial charge on any atom is 0.182 e. The van der Waals surface area contributed by atoms with Crippen LogP contribution in [-0.4, -0.2) is 35.3 Å². The Bertz CT molecular complexity index is 1430. The van der Waals surface area contributed by atoms with Crippen LogP contribution in [0.2, 0.25) is 0 Å². The number of nitrogens with zero attached hydrogens (tertiary/aromatic N) is 3.